The zero-order chi connectivity index (χ0) is 10.2. The Bertz CT molecular complexity index is 311. The molecule has 0 aromatic heterocycles. The van der Waals surface area contributed by atoms with Gasteiger partial charge in [-0.05, 0) is 5.56 Å². The van der Waals surface area contributed by atoms with Gasteiger partial charge < -0.3 is 10.6 Å². The van der Waals surface area contributed by atoms with E-state index in [2.05, 4.69) is 10.4 Å². The second kappa shape index (κ2) is 5.58. The fraction of sp³-hybridized carbons (Fsp3) is 0.111. The number of nitrogens with one attached hydrogen (secondary N) is 1. The summed E-state index contributed by atoms with van der Waals surface area (Å²) < 4.78 is 4.83. The molecule has 0 heterocycles. The lowest BCUT2D eigenvalue weighted by atomic mass is 10.2. The van der Waals surface area contributed by atoms with Gasteiger partial charge in [0.25, 0.3) is 0 Å². The summed E-state index contributed by atoms with van der Waals surface area (Å²) in [5, 5.41) is 5.32. The van der Waals surface area contributed by atoms with Crippen LogP contribution < -0.4 is 11.2 Å². The Morgan fingerprint density at radius 2 is 2.21 bits per heavy atom. The van der Waals surface area contributed by atoms with Crippen LogP contribution in [0, 0.1) is 0 Å². The summed E-state index contributed by atoms with van der Waals surface area (Å²) in [7, 11) is 0. The lowest BCUT2D eigenvalue weighted by Gasteiger charge is -2.02. The molecule has 0 aliphatic carbocycles. The van der Waals surface area contributed by atoms with E-state index in [1.807, 2.05) is 30.3 Å². The highest BCUT2D eigenvalue weighted by Gasteiger charge is 1.98. The first-order valence-corrected chi connectivity index (χ1v) is 4.02. The molecule has 0 aliphatic rings. The zero-order valence-electron chi connectivity index (χ0n) is 7.51. The minimum atomic E-state index is -0.581. The minimum Gasteiger partial charge on any atom is -0.444 e. The lowest BCUT2D eigenvalue weighted by molar-refractivity contribution is 0.145. The summed E-state index contributed by atoms with van der Waals surface area (Å²) in [4.78, 5) is 10.9. The van der Waals surface area contributed by atoms with Gasteiger partial charge in [-0.3, -0.25) is 5.32 Å². The number of nitrogens with zero attached hydrogens (tertiary/aromatic N) is 1. The van der Waals surface area contributed by atoms with E-state index in [1.54, 1.807) is 0 Å². The van der Waals surface area contributed by atoms with E-state index < -0.39 is 6.09 Å². The van der Waals surface area contributed by atoms with Gasteiger partial charge in [0.2, 0.25) is 0 Å². The van der Waals surface area contributed by atoms with Crippen LogP contribution >= 0.6 is 0 Å². The summed E-state index contributed by atoms with van der Waals surface area (Å²) in [6.07, 6.45) is 0.482. The fourth-order valence-electron chi connectivity index (χ4n) is 0.855. The SMILES string of the molecule is NN=CNC(=O)OCc1ccccc1. The molecule has 1 aromatic rings. The van der Waals surface area contributed by atoms with Crippen molar-refractivity contribution < 1.29 is 9.53 Å². The monoisotopic (exact) mass is 193 g/mol. The number of hydrogen-bond donors (Lipinski definition) is 2. The molecule has 74 valence electrons. The molecular formula is C9H11N3O2. The van der Waals surface area contributed by atoms with Gasteiger partial charge in [-0.15, -0.1) is 0 Å². The van der Waals surface area contributed by atoms with Gasteiger partial charge >= 0.3 is 6.09 Å². The number of hydrogen-bond acceptors (Lipinski definition) is 4. The Balaban J connectivity index is 2.31. The standard InChI is InChI=1S/C9H11N3O2/c10-12-7-11-9(13)14-6-8-4-2-1-3-5-8/h1-5,7H,6,10H2,(H,11,12,13). The van der Waals surface area contributed by atoms with Crippen molar-refractivity contribution in [1.82, 2.24) is 5.32 Å². The average molecular weight is 193 g/mol. The maximum Gasteiger partial charge on any atom is 0.412 e. The number of rotatable bonds is 3. The van der Waals surface area contributed by atoms with Crippen LogP contribution in [0.15, 0.2) is 35.4 Å². The molecule has 0 saturated heterocycles. The molecule has 14 heavy (non-hydrogen) atoms. The maximum absolute atomic E-state index is 10.9. The summed E-state index contributed by atoms with van der Waals surface area (Å²) in [5.41, 5.74) is 0.923. The number of carbonyl (C=O) groups excluding carboxylic acids is 1. The summed E-state index contributed by atoms with van der Waals surface area (Å²) >= 11 is 0. The molecular weight excluding hydrogens is 182 g/mol. The van der Waals surface area contributed by atoms with Crippen molar-refractivity contribution in [1.29, 1.82) is 0 Å². The summed E-state index contributed by atoms with van der Waals surface area (Å²) in [6, 6.07) is 9.37. The largest absolute Gasteiger partial charge is 0.444 e. The van der Waals surface area contributed by atoms with Crippen molar-refractivity contribution in [3.8, 4) is 0 Å². The third kappa shape index (κ3) is 3.57. The van der Waals surface area contributed by atoms with Crippen LogP contribution in [0.5, 0.6) is 0 Å². The first kappa shape index (κ1) is 10.0. The van der Waals surface area contributed by atoms with E-state index in [0.717, 1.165) is 11.9 Å². The first-order chi connectivity index (χ1) is 6.83. The van der Waals surface area contributed by atoms with Gasteiger partial charge in [0.15, 0.2) is 0 Å². The Labute approximate surface area is 81.6 Å². The molecule has 0 aliphatic heterocycles. The highest BCUT2D eigenvalue weighted by molar-refractivity contribution is 5.81. The van der Waals surface area contributed by atoms with E-state index in [9.17, 15) is 4.79 Å². The molecule has 0 spiro atoms. The highest BCUT2D eigenvalue weighted by atomic mass is 16.5. The third-order valence-electron chi connectivity index (χ3n) is 1.47. The van der Waals surface area contributed by atoms with Crippen LogP contribution in [0.3, 0.4) is 0 Å². The smallest absolute Gasteiger partial charge is 0.412 e. The third-order valence-corrected chi connectivity index (χ3v) is 1.47. The molecule has 5 nitrogen and oxygen atoms in total. The van der Waals surface area contributed by atoms with Crippen molar-refractivity contribution in [3.63, 3.8) is 0 Å². The quantitative estimate of drug-likeness (QED) is 0.323. The Morgan fingerprint density at radius 1 is 1.50 bits per heavy atom. The topological polar surface area (TPSA) is 76.7 Å². The second-order valence-corrected chi connectivity index (χ2v) is 2.48. The van der Waals surface area contributed by atoms with Gasteiger partial charge in [-0.1, -0.05) is 30.3 Å². The van der Waals surface area contributed by atoms with Gasteiger partial charge in [0.1, 0.15) is 12.9 Å². The second-order valence-electron chi connectivity index (χ2n) is 2.48. The number of benzene rings is 1. The Kier molecular flexibility index (Phi) is 4.00. The highest BCUT2D eigenvalue weighted by Crippen LogP contribution is 1.99. The molecule has 0 radical (unpaired) electrons. The molecule has 0 fully saturated rings. The molecule has 5 heteroatoms. The molecule has 3 N–H and O–H groups in total. The maximum atomic E-state index is 10.9. The van der Waals surface area contributed by atoms with Crippen molar-refractivity contribution in [2.75, 3.05) is 0 Å². The van der Waals surface area contributed by atoms with Gasteiger partial charge in [0.05, 0.1) is 0 Å². The molecule has 1 amide bonds. The number of ether oxygens (including phenoxy) is 1. The van der Waals surface area contributed by atoms with E-state index in [0.29, 0.717) is 0 Å². The molecule has 1 rings (SSSR count). The van der Waals surface area contributed by atoms with Crippen LogP contribution in [-0.2, 0) is 11.3 Å². The molecule has 0 bridgehead atoms. The predicted molar refractivity (Wildman–Crippen MR) is 52.4 cm³/mol. The first-order valence-electron chi connectivity index (χ1n) is 4.02. The average Bonchev–Trinajstić information content (AvgIpc) is 2.25. The fourth-order valence-corrected chi connectivity index (χ4v) is 0.855. The molecule has 0 saturated carbocycles. The normalized spacial score (nSPS) is 10.0. The minimum absolute atomic E-state index is 0.227. The summed E-state index contributed by atoms with van der Waals surface area (Å²) in [5.74, 6) is 4.78. The van der Waals surface area contributed by atoms with Gasteiger partial charge in [-0.25, -0.2) is 4.79 Å². The zero-order valence-corrected chi connectivity index (χ0v) is 7.51. The van der Waals surface area contributed by atoms with Gasteiger partial charge in [-0.2, -0.15) is 5.10 Å². The molecule has 0 atom stereocenters. The van der Waals surface area contributed by atoms with E-state index in [1.165, 1.54) is 0 Å². The number of alkyl carbamates (subject to hydrolysis) is 1. The molecule has 0 unspecified atom stereocenters. The predicted octanol–water partition coefficient (Wildman–Crippen LogP) is 0.815. The number of nitrogens with two attached hydrogens (primary N) is 1. The Hall–Kier alpha value is -2.04. The van der Waals surface area contributed by atoms with Gasteiger partial charge in [0, 0.05) is 0 Å². The van der Waals surface area contributed by atoms with Crippen molar-refractivity contribution in [2.45, 2.75) is 6.61 Å². The number of amides is 1. The van der Waals surface area contributed by atoms with E-state index in [4.69, 9.17) is 10.6 Å². The number of carbonyl (C=O) groups is 1. The molecule has 1 aromatic carbocycles. The lowest BCUT2D eigenvalue weighted by Crippen LogP contribution is -2.22. The van der Waals surface area contributed by atoms with Crippen LogP contribution in [-0.4, -0.2) is 12.4 Å². The van der Waals surface area contributed by atoms with Crippen molar-refractivity contribution >= 4 is 12.4 Å². The van der Waals surface area contributed by atoms with Crippen LogP contribution in [0.2, 0.25) is 0 Å². The van der Waals surface area contributed by atoms with Crippen molar-refractivity contribution in [3.05, 3.63) is 35.9 Å². The Morgan fingerprint density at radius 3 is 2.86 bits per heavy atom. The summed E-state index contributed by atoms with van der Waals surface area (Å²) in [6.45, 7) is 0.227. The van der Waals surface area contributed by atoms with E-state index >= 15 is 0 Å². The van der Waals surface area contributed by atoms with Crippen LogP contribution in [0.4, 0.5) is 4.79 Å². The van der Waals surface area contributed by atoms with Crippen molar-refractivity contribution in [2.24, 2.45) is 10.9 Å². The number of hydrazone groups is 1. The van der Waals surface area contributed by atoms with Crippen LogP contribution in [0.25, 0.3) is 0 Å². The van der Waals surface area contributed by atoms with Crippen LogP contribution in [0.1, 0.15) is 5.56 Å². The van der Waals surface area contributed by atoms with E-state index in [-0.39, 0.29) is 6.61 Å².